The molecule has 2 saturated heterocycles. The Bertz CT molecular complexity index is 1090. The molecule has 0 aromatic heterocycles. The lowest BCUT2D eigenvalue weighted by Crippen LogP contribution is -2.31. The lowest BCUT2D eigenvalue weighted by molar-refractivity contribution is -0.137. The zero-order valence-electron chi connectivity index (χ0n) is 18.1. The van der Waals surface area contributed by atoms with Gasteiger partial charge in [-0.3, -0.25) is 14.4 Å². The molecular weight excluding hydrogens is 435 g/mol. The Morgan fingerprint density at radius 2 is 1.76 bits per heavy atom. The number of benzene rings is 2. The monoisotopic (exact) mass is 459 g/mol. The van der Waals surface area contributed by atoms with Crippen molar-refractivity contribution in [3.63, 3.8) is 0 Å². The number of carbonyl (C=O) groups excluding carboxylic acids is 3. The lowest BCUT2D eigenvalue weighted by atomic mass is 10.0. The molecule has 2 aromatic rings. The number of alkyl halides is 3. The molecule has 0 bridgehead atoms. The van der Waals surface area contributed by atoms with Crippen LogP contribution >= 0.6 is 0 Å². The molecule has 0 saturated carbocycles. The number of nitrogens with zero attached hydrogens (tertiary/aromatic N) is 2. The van der Waals surface area contributed by atoms with Crippen LogP contribution in [0.1, 0.15) is 40.7 Å². The summed E-state index contributed by atoms with van der Waals surface area (Å²) in [6, 6.07) is 9.70. The van der Waals surface area contributed by atoms with Crippen molar-refractivity contribution in [3.05, 3.63) is 59.2 Å². The standard InChI is InChI=1S/C24H24F3N3O3/c1-15-6-4-9-19(23(33)29-10-2-3-11-29)21(15)28-22(32)16-12-20(31)30(14-16)18-8-5-7-17(13-18)24(25,26)27/h4-9,13,16H,2-3,10-12,14H2,1H3,(H,28,32). The number of carbonyl (C=O) groups is 3. The van der Waals surface area contributed by atoms with Gasteiger partial charge in [-0.2, -0.15) is 13.2 Å². The van der Waals surface area contributed by atoms with E-state index in [0.29, 0.717) is 29.9 Å². The quantitative estimate of drug-likeness (QED) is 0.744. The minimum absolute atomic E-state index is 0.0345. The average Bonchev–Trinajstić information content (AvgIpc) is 3.44. The maximum atomic E-state index is 13.1. The van der Waals surface area contributed by atoms with Crippen molar-refractivity contribution in [1.29, 1.82) is 0 Å². The van der Waals surface area contributed by atoms with E-state index in [-0.39, 0.29) is 24.6 Å². The Balaban J connectivity index is 1.52. The third-order valence-corrected chi connectivity index (χ3v) is 6.13. The van der Waals surface area contributed by atoms with Gasteiger partial charge < -0.3 is 15.1 Å². The summed E-state index contributed by atoms with van der Waals surface area (Å²) in [7, 11) is 0. The van der Waals surface area contributed by atoms with Crippen molar-refractivity contribution in [2.24, 2.45) is 5.92 Å². The second-order valence-electron chi connectivity index (χ2n) is 8.44. The van der Waals surface area contributed by atoms with Crippen molar-refractivity contribution in [3.8, 4) is 0 Å². The molecule has 1 N–H and O–H groups in total. The first kappa shape index (κ1) is 22.8. The fraction of sp³-hybridized carbons (Fsp3) is 0.375. The van der Waals surface area contributed by atoms with Gasteiger partial charge >= 0.3 is 6.18 Å². The molecule has 0 aliphatic carbocycles. The zero-order chi connectivity index (χ0) is 23.8. The molecule has 9 heteroatoms. The van der Waals surface area contributed by atoms with Crippen molar-refractivity contribution in [1.82, 2.24) is 4.90 Å². The van der Waals surface area contributed by atoms with Gasteiger partial charge in [0.15, 0.2) is 0 Å². The van der Waals surface area contributed by atoms with Crippen molar-refractivity contribution < 1.29 is 27.6 Å². The minimum Gasteiger partial charge on any atom is -0.339 e. The van der Waals surface area contributed by atoms with Gasteiger partial charge in [0.2, 0.25) is 11.8 Å². The van der Waals surface area contributed by atoms with Crippen LogP contribution in [0, 0.1) is 12.8 Å². The second-order valence-corrected chi connectivity index (χ2v) is 8.44. The van der Waals surface area contributed by atoms with Crippen LogP contribution in [0.15, 0.2) is 42.5 Å². The number of nitrogens with one attached hydrogen (secondary N) is 1. The number of para-hydroxylation sites is 1. The van der Waals surface area contributed by atoms with Crippen LogP contribution in [0.4, 0.5) is 24.5 Å². The normalized spacial score (nSPS) is 18.7. The first-order valence-electron chi connectivity index (χ1n) is 10.8. The van der Waals surface area contributed by atoms with Crippen LogP contribution in [-0.4, -0.2) is 42.3 Å². The fourth-order valence-electron chi connectivity index (χ4n) is 4.31. The predicted molar refractivity (Wildman–Crippen MR) is 117 cm³/mol. The number of likely N-dealkylation sites (tertiary alicyclic amines) is 1. The van der Waals surface area contributed by atoms with E-state index in [1.807, 2.05) is 0 Å². The number of hydrogen-bond acceptors (Lipinski definition) is 3. The molecule has 2 aliphatic heterocycles. The summed E-state index contributed by atoms with van der Waals surface area (Å²) in [6.45, 7) is 3.09. The highest BCUT2D eigenvalue weighted by molar-refractivity contribution is 6.07. The maximum absolute atomic E-state index is 13.1. The number of amides is 3. The van der Waals surface area contributed by atoms with E-state index in [1.54, 1.807) is 30.0 Å². The van der Waals surface area contributed by atoms with Crippen LogP contribution in [0.2, 0.25) is 0 Å². The van der Waals surface area contributed by atoms with E-state index in [4.69, 9.17) is 0 Å². The summed E-state index contributed by atoms with van der Waals surface area (Å²) in [6.07, 6.45) is -2.77. The molecule has 1 unspecified atom stereocenters. The Morgan fingerprint density at radius 3 is 2.45 bits per heavy atom. The molecule has 174 valence electrons. The zero-order valence-corrected chi connectivity index (χ0v) is 18.1. The molecule has 33 heavy (non-hydrogen) atoms. The molecule has 6 nitrogen and oxygen atoms in total. The van der Waals surface area contributed by atoms with Crippen molar-refractivity contribution in [2.45, 2.75) is 32.4 Å². The Morgan fingerprint density at radius 1 is 1.06 bits per heavy atom. The smallest absolute Gasteiger partial charge is 0.339 e. The number of anilines is 2. The third-order valence-electron chi connectivity index (χ3n) is 6.13. The maximum Gasteiger partial charge on any atom is 0.416 e. The van der Waals surface area contributed by atoms with E-state index in [9.17, 15) is 27.6 Å². The van der Waals surface area contributed by atoms with Gasteiger partial charge in [-0.1, -0.05) is 18.2 Å². The summed E-state index contributed by atoms with van der Waals surface area (Å²) >= 11 is 0. The van der Waals surface area contributed by atoms with E-state index in [1.165, 1.54) is 17.0 Å². The molecule has 2 aromatic carbocycles. The average molecular weight is 459 g/mol. The van der Waals surface area contributed by atoms with Crippen LogP contribution in [0.5, 0.6) is 0 Å². The summed E-state index contributed by atoms with van der Waals surface area (Å²) in [5.41, 5.74) is 0.762. The number of aryl methyl sites for hydroxylation is 1. The third kappa shape index (κ3) is 4.72. The first-order chi connectivity index (χ1) is 15.6. The molecular formula is C24H24F3N3O3. The number of rotatable bonds is 4. The highest BCUT2D eigenvalue weighted by Gasteiger charge is 2.37. The Kier molecular flexibility index (Phi) is 6.14. The predicted octanol–water partition coefficient (Wildman–Crippen LogP) is 4.24. The van der Waals surface area contributed by atoms with Crippen LogP contribution in [0.25, 0.3) is 0 Å². The van der Waals surface area contributed by atoms with Crippen molar-refractivity contribution in [2.75, 3.05) is 29.9 Å². The number of halogens is 3. The largest absolute Gasteiger partial charge is 0.416 e. The lowest BCUT2D eigenvalue weighted by Gasteiger charge is -2.21. The number of hydrogen-bond donors (Lipinski definition) is 1. The minimum atomic E-state index is -4.53. The van der Waals surface area contributed by atoms with Gasteiger partial charge in [0.1, 0.15) is 0 Å². The van der Waals surface area contributed by atoms with Gasteiger partial charge in [-0.05, 0) is 49.6 Å². The van der Waals surface area contributed by atoms with E-state index < -0.39 is 29.5 Å². The van der Waals surface area contributed by atoms with Crippen LogP contribution in [0.3, 0.4) is 0 Å². The topological polar surface area (TPSA) is 69.7 Å². The molecule has 0 radical (unpaired) electrons. The summed E-state index contributed by atoms with van der Waals surface area (Å²) in [5, 5.41) is 2.81. The van der Waals surface area contributed by atoms with Gasteiger partial charge in [0, 0.05) is 31.7 Å². The molecule has 2 fully saturated rings. The fourth-order valence-corrected chi connectivity index (χ4v) is 4.31. The summed E-state index contributed by atoms with van der Waals surface area (Å²) in [5.74, 6) is -1.77. The molecule has 2 heterocycles. The van der Waals surface area contributed by atoms with Gasteiger partial charge in [-0.25, -0.2) is 0 Å². The Hall–Kier alpha value is -3.36. The summed E-state index contributed by atoms with van der Waals surface area (Å²) in [4.78, 5) is 41.4. The van der Waals surface area contributed by atoms with Crippen molar-refractivity contribution >= 4 is 29.1 Å². The van der Waals surface area contributed by atoms with Crippen LogP contribution < -0.4 is 10.2 Å². The van der Waals surface area contributed by atoms with E-state index in [0.717, 1.165) is 25.0 Å². The Labute approximate surface area is 189 Å². The van der Waals surface area contributed by atoms with Crippen LogP contribution in [-0.2, 0) is 15.8 Å². The summed E-state index contributed by atoms with van der Waals surface area (Å²) < 4.78 is 39.2. The van der Waals surface area contributed by atoms with Gasteiger partial charge in [-0.15, -0.1) is 0 Å². The molecule has 2 aliphatic rings. The molecule has 3 amide bonds. The first-order valence-corrected chi connectivity index (χ1v) is 10.8. The van der Waals surface area contributed by atoms with E-state index in [2.05, 4.69) is 5.32 Å². The molecule has 4 rings (SSSR count). The van der Waals surface area contributed by atoms with Gasteiger partial charge in [0.25, 0.3) is 5.91 Å². The highest BCUT2D eigenvalue weighted by Crippen LogP contribution is 2.34. The molecule has 0 spiro atoms. The van der Waals surface area contributed by atoms with E-state index >= 15 is 0 Å². The van der Waals surface area contributed by atoms with Gasteiger partial charge in [0.05, 0.1) is 22.7 Å². The molecule has 1 atom stereocenters. The second kappa shape index (κ2) is 8.88. The highest BCUT2D eigenvalue weighted by atomic mass is 19.4. The SMILES string of the molecule is Cc1cccc(C(=O)N2CCCC2)c1NC(=O)C1CC(=O)N(c2cccc(C(F)(F)F)c2)C1.